The molecule has 0 saturated heterocycles. The van der Waals surface area contributed by atoms with E-state index >= 15 is 0 Å². The highest BCUT2D eigenvalue weighted by Gasteiger charge is 2.18. The highest BCUT2D eigenvalue weighted by molar-refractivity contribution is 14.1. The van der Waals surface area contributed by atoms with Gasteiger partial charge in [-0.15, -0.1) is 0 Å². The SMILES string of the molecule is O=[N+]([O-])c1c(Br)ccc(Br)c1I. The summed E-state index contributed by atoms with van der Waals surface area (Å²) in [5.41, 5.74) is 0.102. The molecule has 0 N–H and O–H groups in total. The molecule has 1 rings (SSSR count). The van der Waals surface area contributed by atoms with E-state index in [0.29, 0.717) is 8.04 Å². The lowest BCUT2D eigenvalue weighted by Crippen LogP contribution is -1.93. The van der Waals surface area contributed by atoms with Crippen molar-refractivity contribution in [3.8, 4) is 0 Å². The fourth-order valence-corrected chi connectivity index (χ4v) is 2.52. The number of hydrogen-bond acceptors (Lipinski definition) is 2. The molecule has 0 unspecified atom stereocenters. The number of halogens is 3. The standard InChI is InChI=1S/C6H2Br2INO2/c7-3-1-2-4(8)6(5(3)9)10(11)12/h1-2H. The fraction of sp³-hybridized carbons (Fsp3) is 0. The monoisotopic (exact) mass is 405 g/mol. The molecule has 0 saturated carbocycles. The van der Waals surface area contributed by atoms with Gasteiger partial charge in [0.1, 0.15) is 3.57 Å². The Labute approximate surface area is 99.1 Å². The number of hydrogen-bond donors (Lipinski definition) is 0. The molecular weight excluding hydrogens is 405 g/mol. The van der Waals surface area contributed by atoms with Crippen molar-refractivity contribution in [2.45, 2.75) is 0 Å². The third-order valence-electron chi connectivity index (χ3n) is 1.20. The van der Waals surface area contributed by atoms with Crippen LogP contribution in [0.5, 0.6) is 0 Å². The zero-order chi connectivity index (χ0) is 9.30. The fourth-order valence-electron chi connectivity index (χ4n) is 0.684. The Kier molecular flexibility index (Phi) is 3.47. The molecular formula is C6H2Br2INO2. The number of benzene rings is 1. The van der Waals surface area contributed by atoms with Crippen LogP contribution in [0.2, 0.25) is 0 Å². The third kappa shape index (κ3) is 1.97. The van der Waals surface area contributed by atoms with E-state index in [1.54, 1.807) is 12.1 Å². The Morgan fingerprint density at radius 3 is 2.25 bits per heavy atom. The van der Waals surface area contributed by atoms with E-state index < -0.39 is 4.92 Å². The van der Waals surface area contributed by atoms with E-state index in [-0.39, 0.29) is 5.69 Å². The average Bonchev–Trinajstić information content (AvgIpc) is 1.97. The molecule has 64 valence electrons. The molecule has 0 radical (unpaired) electrons. The van der Waals surface area contributed by atoms with Gasteiger partial charge in [-0.3, -0.25) is 10.1 Å². The lowest BCUT2D eigenvalue weighted by Gasteiger charge is -1.99. The summed E-state index contributed by atoms with van der Waals surface area (Å²) in [7, 11) is 0. The quantitative estimate of drug-likeness (QED) is 0.309. The van der Waals surface area contributed by atoms with Crippen LogP contribution in [0.15, 0.2) is 21.1 Å². The lowest BCUT2D eigenvalue weighted by atomic mass is 10.3. The van der Waals surface area contributed by atoms with Gasteiger partial charge >= 0.3 is 0 Å². The van der Waals surface area contributed by atoms with Crippen LogP contribution in [-0.4, -0.2) is 4.92 Å². The maximum absolute atomic E-state index is 10.5. The van der Waals surface area contributed by atoms with Crippen LogP contribution in [0.1, 0.15) is 0 Å². The molecule has 3 nitrogen and oxygen atoms in total. The summed E-state index contributed by atoms with van der Waals surface area (Å²) in [6.45, 7) is 0. The van der Waals surface area contributed by atoms with Crippen molar-refractivity contribution in [1.82, 2.24) is 0 Å². The van der Waals surface area contributed by atoms with Gasteiger partial charge in [-0.1, -0.05) is 0 Å². The van der Waals surface area contributed by atoms with Gasteiger partial charge in [0, 0.05) is 4.47 Å². The van der Waals surface area contributed by atoms with Crippen LogP contribution in [0.4, 0.5) is 5.69 Å². The lowest BCUT2D eigenvalue weighted by molar-refractivity contribution is -0.386. The van der Waals surface area contributed by atoms with Gasteiger partial charge < -0.3 is 0 Å². The highest BCUT2D eigenvalue weighted by Crippen LogP contribution is 2.34. The smallest absolute Gasteiger partial charge is 0.258 e. The Balaban J connectivity index is 3.43. The first-order valence-corrected chi connectivity index (χ1v) is 5.48. The molecule has 0 aliphatic rings. The van der Waals surface area contributed by atoms with Crippen LogP contribution in [0.25, 0.3) is 0 Å². The van der Waals surface area contributed by atoms with E-state index in [2.05, 4.69) is 31.9 Å². The van der Waals surface area contributed by atoms with Crippen molar-refractivity contribution >= 4 is 60.1 Å². The average molecular weight is 407 g/mol. The second kappa shape index (κ2) is 4.01. The van der Waals surface area contributed by atoms with Crippen molar-refractivity contribution < 1.29 is 4.92 Å². The van der Waals surface area contributed by atoms with Gasteiger partial charge in [0.05, 0.1) is 9.40 Å². The summed E-state index contributed by atoms with van der Waals surface area (Å²) in [4.78, 5) is 10.1. The molecule has 0 fully saturated rings. The minimum absolute atomic E-state index is 0.102. The van der Waals surface area contributed by atoms with Crippen LogP contribution in [0.3, 0.4) is 0 Å². The molecule has 0 bridgehead atoms. The van der Waals surface area contributed by atoms with E-state index in [1.165, 1.54) is 0 Å². The van der Waals surface area contributed by atoms with E-state index in [9.17, 15) is 10.1 Å². The number of nitrogens with zero attached hydrogens (tertiary/aromatic N) is 1. The summed E-state index contributed by atoms with van der Waals surface area (Å²) in [6.07, 6.45) is 0. The summed E-state index contributed by atoms with van der Waals surface area (Å²) in [5.74, 6) is 0. The normalized spacial score (nSPS) is 9.92. The van der Waals surface area contributed by atoms with Crippen molar-refractivity contribution in [1.29, 1.82) is 0 Å². The zero-order valence-electron chi connectivity index (χ0n) is 5.55. The summed E-state index contributed by atoms with van der Waals surface area (Å²) in [5, 5.41) is 10.5. The van der Waals surface area contributed by atoms with Crippen molar-refractivity contribution in [2.75, 3.05) is 0 Å². The molecule has 0 heterocycles. The molecule has 0 atom stereocenters. The number of nitro groups is 1. The van der Waals surface area contributed by atoms with Crippen molar-refractivity contribution in [2.24, 2.45) is 0 Å². The summed E-state index contributed by atoms with van der Waals surface area (Å²) < 4.78 is 1.84. The first kappa shape index (κ1) is 10.4. The maximum Gasteiger partial charge on any atom is 0.297 e. The molecule has 0 spiro atoms. The number of rotatable bonds is 1. The first-order valence-electron chi connectivity index (χ1n) is 2.82. The molecule has 1 aromatic carbocycles. The van der Waals surface area contributed by atoms with Crippen LogP contribution >= 0.6 is 54.5 Å². The van der Waals surface area contributed by atoms with E-state index in [4.69, 9.17) is 0 Å². The molecule has 1 aromatic rings. The number of nitro benzene ring substituents is 1. The van der Waals surface area contributed by atoms with Gasteiger partial charge in [0.2, 0.25) is 0 Å². The first-order chi connectivity index (χ1) is 5.54. The Morgan fingerprint density at radius 2 is 1.83 bits per heavy atom. The summed E-state index contributed by atoms with van der Waals surface area (Å²) >= 11 is 8.26. The van der Waals surface area contributed by atoms with Crippen LogP contribution in [0, 0.1) is 13.7 Å². The highest BCUT2D eigenvalue weighted by atomic mass is 127. The minimum atomic E-state index is -0.406. The van der Waals surface area contributed by atoms with E-state index in [0.717, 1.165) is 4.47 Å². The molecule has 0 aromatic heterocycles. The molecule has 6 heteroatoms. The molecule has 12 heavy (non-hydrogen) atoms. The predicted molar refractivity (Wildman–Crippen MR) is 61.2 cm³/mol. The summed E-state index contributed by atoms with van der Waals surface area (Å²) in [6, 6.07) is 3.41. The minimum Gasteiger partial charge on any atom is -0.258 e. The second-order valence-corrected chi connectivity index (χ2v) is 4.74. The van der Waals surface area contributed by atoms with Crippen molar-refractivity contribution in [3.05, 3.63) is 34.8 Å². The van der Waals surface area contributed by atoms with E-state index in [1.807, 2.05) is 22.6 Å². The van der Waals surface area contributed by atoms with Crippen LogP contribution < -0.4 is 0 Å². The van der Waals surface area contributed by atoms with Crippen LogP contribution in [-0.2, 0) is 0 Å². The largest absolute Gasteiger partial charge is 0.297 e. The van der Waals surface area contributed by atoms with Gasteiger partial charge in [-0.25, -0.2) is 0 Å². The zero-order valence-corrected chi connectivity index (χ0v) is 10.9. The molecule has 0 amide bonds. The Morgan fingerprint density at radius 1 is 1.33 bits per heavy atom. The van der Waals surface area contributed by atoms with Gasteiger partial charge in [-0.2, -0.15) is 0 Å². The van der Waals surface area contributed by atoms with Gasteiger partial charge in [-0.05, 0) is 66.6 Å². The van der Waals surface area contributed by atoms with Gasteiger partial charge in [0.25, 0.3) is 5.69 Å². The van der Waals surface area contributed by atoms with Crippen molar-refractivity contribution in [3.63, 3.8) is 0 Å². The second-order valence-electron chi connectivity index (χ2n) is 1.95. The molecule has 0 aliphatic heterocycles. The Hall–Kier alpha value is 0.310. The topological polar surface area (TPSA) is 43.1 Å². The predicted octanol–water partition coefficient (Wildman–Crippen LogP) is 3.72. The Bertz CT molecular complexity index is 343. The third-order valence-corrected chi connectivity index (χ3v) is 4.34. The molecule has 0 aliphatic carbocycles. The van der Waals surface area contributed by atoms with Gasteiger partial charge in [0.15, 0.2) is 0 Å². The maximum atomic E-state index is 10.5.